The van der Waals surface area contributed by atoms with E-state index in [1.807, 2.05) is 0 Å². The number of rotatable bonds is 20. The number of hydrogen-bond acceptors (Lipinski definition) is 2. The second-order valence-electron chi connectivity index (χ2n) is 7.94. The van der Waals surface area contributed by atoms with Crippen molar-refractivity contribution in [2.45, 2.75) is 142 Å². The molecule has 0 saturated carbocycles. The molecule has 0 rings (SSSR count). The van der Waals surface area contributed by atoms with Gasteiger partial charge in [0.15, 0.2) is 0 Å². The summed E-state index contributed by atoms with van der Waals surface area (Å²) in [6.45, 7) is 4.46. The van der Waals surface area contributed by atoms with E-state index in [0.717, 1.165) is 25.7 Å². The SMILES string of the molecule is CCCCCCCCCCCC(=O)O.CCCCCCCCCCCC(=O)O.[H-].[Na+]. The summed E-state index contributed by atoms with van der Waals surface area (Å²) < 4.78 is 0. The average molecular weight is 425 g/mol. The van der Waals surface area contributed by atoms with Crippen LogP contribution in [0.4, 0.5) is 0 Å². The fourth-order valence-electron chi connectivity index (χ4n) is 3.17. The van der Waals surface area contributed by atoms with Crippen molar-refractivity contribution >= 4 is 11.9 Å². The van der Waals surface area contributed by atoms with E-state index in [0.29, 0.717) is 12.8 Å². The summed E-state index contributed by atoms with van der Waals surface area (Å²) in [5.74, 6) is -1.32. The Kier molecular flexibility index (Phi) is 34.9. The van der Waals surface area contributed by atoms with Crippen molar-refractivity contribution in [2.75, 3.05) is 0 Å². The minimum absolute atomic E-state index is 0. The molecule has 0 aromatic rings. The number of aliphatic carboxylic acids is 2. The monoisotopic (exact) mass is 424 g/mol. The molecule has 0 atom stereocenters. The second kappa shape index (κ2) is 30.1. The molecule has 29 heavy (non-hydrogen) atoms. The van der Waals surface area contributed by atoms with Crippen molar-refractivity contribution in [1.29, 1.82) is 0 Å². The first kappa shape index (κ1) is 33.6. The summed E-state index contributed by atoms with van der Waals surface area (Å²) in [5.41, 5.74) is 0. The molecule has 5 heteroatoms. The van der Waals surface area contributed by atoms with Gasteiger partial charge in [0.25, 0.3) is 0 Å². The molecule has 170 valence electrons. The molecule has 0 radical (unpaired) electrons. The van der Waals surface area contributed by atoms with E-state index in [1.54, 1.807) is 0 Å². The van der Waals surface area contributed by atoms with Gasteiger partial charge < -0.3 is 11.6 Å². The summed E-state index contributed by atoms with van der Waals surface area (Å²) in [7, 11) is 0. The Morgan fingerprint density at radius 2 is 0.690 bits per heavy atom. The van der Waals surface area contributed by atoms with E-state index in [-0.39, 0.29) is 31.0 Å². The van der Waals surface area contributed by atoms with Gasteiger partial charge in [-0.1, -0.05) is 117 Å². The fraction of sp³-hybridized carbons (Fsp3) is 0.917. The molecular weight excluding hydrogens is 375 g/mol. The van der Waals surface area contributed by atoms with Crippen LogP contribution in [0.1, 0.15) is 144 Å². The maximum Gasteiger partial charge on any atom is 1.00 e. The molecule has 0 fully saturated rings. The molecule has 0 spiro atoms. The van der Waals surface area contributed by atoms with E-state index in [4.69, 9.17) is 10.2 Å². The quantitative estimate of drug-likeness (QED) is 0.211. The van der Waals surface area contributed by atoms with Crippen LogP contribution in [0.2, 0.25) is 0 Å². The number of carboxylic acids is 2. The summed E-state index contributed by atoms with van der Waals surface area (Å²) in [5, 5.41) is 16.8. The van der Waals surface area contributed by atoms with Crippen LogP contribution >= 0.6 is 0 Å². The van der Waals surface area contributed by atoms with Crippen molar-refractivity contribution in [3.63, 3.8) is 0 Å². The molecule has 0 heterocycles. The van der Waals surface area contributed by atoms with Crippen molar-refractivity contribution in [2.24, 2.45) is 0 Å². The van der Waals surface area contributed by atoms with Gasteiger partial charge in [-0.05, 0) is 12.8 Å². The Balaban J connectivity index is -0.000000211. The van der Waals surface area contributed by atoms with Crippen LogP contribution in [0.25, 0.3) is 0 Å². The smallest absolute Gasteiger partial charge is 1.00 e. The van der Waals surface area contributed by atoms with Crippen molar-refractivity contribution in [3.05, 3.63) is 0 Å². The van der Waals surface area contributed by atoms with Crippen LogP contribution in [-0.4, -0.2) is 22.2 Å². The van der Waals surface area contributed by atoms with Crippen molar-refractivity contribution in [1.82, 2.24) is 0 Å². The summed E-state index contributed by atoms with van der Waals surface area (Å²) >= 11 is 0. The zero-order valence-electron chi connectivity index (χ0n) is 20.9. The number of hydrogen-bond donors (Lipinski definition) is 2. The number of unbranched alkanes of at least 4 members (excludes halogenated alkanes) is 16. The normalized spacial score (nSPS) is 10.0. The first-order valence-electron chi connectivity index (χ1n) is 12.0. The number of carbonyl (C=O) groups is 2. The van der Waals surface area contributed by atoms with Crippen LogP contribution in [0.15, 0.2) is 0 Å². The largest absolute Gasteiger partial charge is 1.00 e. The van der Waals surface area contributed by atoms with Gasteiger partial charge in [-0.25, -0.2) is 0 Å². The third kappa shape index (κ3) is 39.1. The van der Waals surface area contributed by atoms with Gasteiger partial charge in [0, 0.05) is 12.8 Å². The Hall–Kier alpha value is -0.0600. The average Bonchev–Trinajstić information content (AvgIpc) is 2.65. The van der Waals surface area contributed by atoms with Gasteiger partial charge in [-0.15, -0.1) is 0 Å². The molecule has 0 amide bonds. The zero-order chi connectivity index (χ0) is 21.3. The van der Waals surface area contributed by atoms with Crippen LogP contribution in [-0.2, 0) is 9.59 Å². The predicted molar refractivity (Wildman–Crippen MR) is 120 cm³/mol. The van der Waals surface area contributed by atoms with Gasteiger partial charge in [0.2, 0.25) is 0 Å². The van der Waals surface area contributed by atoms with E-state index in [2.05, 4.69) is 13.8 Å². The van der Waals surface area contributed by atoms with E-state index in [9.17, 15) is 9.59 Å². The van der Waals surface area contributed by atoms with Crippen LogP contribution in [0.3, 0.4) is 0 Å². The Bertz CT molecular complexity index is 309. The van der Waals surface area contributed by atoms with E-state index in [1.165, 1.54) is 89.9 Å². The van der Waals surface area contributed by atoms with Crippen LogP contribution in [0.5, 0.6) is 0 Å². The molecule has 0 aromatic carbocycles. The summed E-state index contributed by atoms with van der Waals surface area (Å²) in [4.78, 5) is 20.4. The van der Waals surface area contributed by atoms with Crippen LogP contribution < -0.4 is 29.6 Å². The summed E-state index contributed by atoms with van der Waals surface area (Å²) in [6, 6.07) is 0. The molecule has 4 nitrogen and oxygen atoms in total. The Morgan fingerprint density at radius 1 is 0.483 bits per heavy atom. The topological polar surface area (TPSA) is 74.6 Å². The van der Waals surface area contributed by atoms with Gasteiger partial charge >= 0.3 is 41.5 Å². The fourth-order valence-corrected chi connectivity index (χ4v) is 3.17. The van der Waals surface area contributed by atoms with Crippen molar-refractivity contribution in [3.8, 4) is 0 Å². The van der Waals surface area contributed by atoms with E-state index < -0.39 is 11.9 Å². The molecule has 0 aliphatic heterocycles. The minimum Gasteiger partial charge on any atom is -1.00 e. The third-order valence-electron chi connectivity index (χ3n) is 4.99. The van der Waals surface area contributed by atoms with Crippen molar-refractivity contribution < 1.29 is 50.8 Å². The number of carboxylic acid groups (broad SMARTS) is 2. The second-order valence-corrected chi connectivity index (χ2v) is 7.94. The molecule has 0 saturated heterocycles. The molecule has 0 aliphatic carbocycles. The zero-order valence-corrected chi connectivity index (χ0v) is 21.9. The molecule has 2 N–H and O–H groups in total. The molecule has 0 bridgehead atoms. The third-order valence-corrected chi connectivity index (χ3v) is 4.99. The first-order chi connectivity index (χ1) is 13.5. The Labute approximate surface area is 204 Å². The predicted octanol–water partition coefficient (Wildman–Crippen LogP) is 5.10. The van der Waals surface area contributed by atoms with Crippen LogP contribution in [0, 0.1) is 0 Å². The van der Waals surface area contributed by atoms with Gasteiger partial charge in [-0.3, -0.25) is 9.59 Å². The maximum absolute atomic E-state index is 10.2. The molecule has 0 unspecified atom stereocenters. The molecule has 0 aliphatic rings. The molecule has 0 aromatic heterocycles. The maximum atomic E-state index is 10.2. The van der Waals surface area contributed by atoms with Gasteiger partial charge in [-0.2, -0.15) is 0 Å². The first-order valence-corrected chi connectivity index (χ1v) is 12.0. The minimum atomic E-state index is -0.659. The summed E-state index contributed by atoms with van der Waals surface area (Å²) in [6.07, 6.45) is 23.0. The standard InChI is InChI=1S/2C12H24O2.Na.H/c2*1-2-3-4-5-6-7-8-9-10-11-12(13)14;;/h2*2-11H2,1H3,(H,13,14);;/q;;+1;-1. The Morgan fingerprint density at radius 3 is 0.897 bits per heavy atom. The van der Waals surface area contributed by atoms with Gasteiger partial charge in [0.05, 0.1) is 0 Å². The molecular formula is C24H49NaO4. The van der Waals surface area contributed by atoms with Gasteiger partial charge in [0.1, 0.15) is 0 Å². The van der Waals surface area contributed by atoms with E-state index >= 15 is 0 Å².